The molecule has 0 saturated carbocycles. The number of hydrazine groups is 1. The molecule has 2 N–H and O–H groups in total. The molecule has 1 rings (SSSR count). The Morgan fingerprint density at radius 3 is 2.13 bits per heavy atom. The minimum absolute atomic E-state index is 0.125. The van der Waals surface area contributed by atoms with E-state index in [4.69, 9.17) is 4.74 Å². The van der Waals surface area contributed by atoms with Gasteiger partial charge in [-0.15, -0.1) is 0 Å². The number of rotatable bonds is 12. The fourth-order valence-corrected chi connectivity index (χ4v) is 3.43. The van der Waals surface area contributed by atoms with Crippen molar-refractivity contribution in [2.75, 3.05) is 6.54 Å². The predicted octanol–water partition coefficient (Wildman–Crippen LogP) is 4.91. The van der Waals surface area contributed by atoms with Crippen molar-refractivity contribution in [3.8, 4) is 0 Å². The van der Waals surface area contributed by atoms with E-state index >= 15 is 0 Å². The lowest BCUT2D eigenvalue weighted by molar-refractivity contribution is -0.164. The third-order valence-electron chi connectivity index (χ3n) is 4.80. The van der Waals surface area contributed by atoms with Gasteiger partial charge in [0.2, 0.25) is 5.91 Å². The van der Waals surface area contributed by atoms with Gasteiger partial charge in [-0.05, 0) is 63.9 Å². The number of ether oxygens (including phenoxy) is 1. The van der Waals surface area contributed by atoms with Gasteiger partial charge in [0.25, 0.3) is 0 Å². The van der Waals surface area contributed by atoms with Crippen molar-refractivity contribution >= 4 is 11.9 Å². The zero-order valence-electron chi connectivity index (χ0n) is 20.0. The first-order valence-corrected chi connectivity index (χ1v) is 11.3. The van der Waals surface area contributed by atoms with E-state index in [2.05, 4.69) is 50.7 Å². The third kappa shape index (κ3) is 10.8. The molecule has 0 fully saturated rings. The average molecular weight is 419 g/mol. The van der Waals surface area contributed by atoms with Crippen molar-refractivity contribution < 1.29 is 14.3 Å². The highest BCUT2D eigenvalue weighted by Crippen LogP contribution is 2.28. The molecular weight excluding hydrogens is 376 g/mol. The first kappa shape index (κ1) is 26.2. The molecule has 0 aliphatic carbocycles. The van der Waals surface area contributed by atoms with E-state index in [0.29, 0.717) is 31.2 Å². The number of benzene rings is 1. The summed E-state index contributed by atoms with van der Waals surface area (Å²) in [6.45, 7) is 14.6. The number of carbonyl (C=O) groups excluding carboxylic acids is 2. The van der Waals surface area contributed by atoms with Crippen LogP contribution in [0.3, 0.4) is 0 Å². The van der Waals surface area contributed by atoms with Crippen LogP contribution in [-0.4, -0.2) is 24.0 Å². The summed E-state index contributed by atoms with van der Waals surface area (Å²) in [5.41, 5.74) is 6.50. The summed E-state index contributed by atoms with van der Waals surface area (Å²) >= 11 is 0. The van der Waals surface area contributed by atoms with Gasteiger partial charge < -0.3 is 4.74 Å². The maximum absolute atomic E-state index is 13.1. The van der Waals surface area contributed by atoms with Gasteiger partial charge >= 0.3 is 5.97 Å². The number of esters is 1. The summed E-state index contributed by atoms with van der Waals surface area (Å²) in [5.74, 6) is -0.571. The van der Waals surface area contributed by atoms with Gasteiger partial charge in [-0.2, -0.15) is 0 Å². The Kier molecular flexibility index (Phi) is 11.1. The molecule has 0 spiro atoms. The number of aryl methyl sites for hydroxylation is 1. The van der Waals surface area contributed by atoms with Crippen LogP contribution in [0, 0.1) is 23.7 Å². The van der Waals surface area contributed by atoms with E-state index in [1.165, 1.54) is 5.56 Å². The first-order chi connectivity index (χ1) is 14.0. The standard InChI is InChI=1S/C25H42N2O3/c1-18(2)16-22(23(28)27-26-17-19(3)4)21(24(29)30-25(5,6)7)15-11-14-20-12-9-8-10-13-20/h8-10,12-13,18-19,21-22,26H,11,14-17H2,1-7H3,(H,27,28). The molecule has 0 aliphatic rings. The minimum Gasteiger partial charge on any atom is -0.460 e. The van der Waals surface area contributed by atoms with Crippen molar-refractivity contribution in [2.45, 2.75) is 79.8 Å². The van der Waals surface area contributed by atoms with Crippen LogP contribution in [0.4, 0.5) is 0 Å². The molecule has 1 aromatic rings. The van der Waals surface area contributed by atoms with Gasteiger partial charge in [0.1, 0.15) is 5.60 Å². The molecule has 1 aromatic carbocycles. The van der Waals surface area contributed by atoms with E-state index in [-0.39, 0.29) is 11.9 Å². The molecule has 170 valence electrons. The van der Waals surface area contributed by atoms with Crippen molar-refractivity contribution in [3.63, 3.8) is 0 Å². The van der Waals surface area contributed by atoms with E-state index < -0.39 is 17.4 Å². The van der Waals surface area contributed by atoms with Crippen LogP contribution in [0.1, 0.15) is 73.3 Å². The second kappa shape index (κ2) is 12.7. The predicted molar refractivity (Wildman–Crippen MR) is 123 cm³/mol. The molecule has 5 heteroatoms. The molecule has 0 heterocycles. The highest BCUT2D eigenvalue weighted by atomic mass is 16.6. The monoisotopic (exact) mass is 418 g/mol. The van der Waals surface area contributed by atoms with Crippen LogP contribution < -0.4 is 10.9 Å². The van der Waals surface area contributed by atoms with Gasteiger partial charge in [0, 0.05) is 6.54 Å². The Morgan fingerprint density at radius 2 is 1.60 bits per heavy atom. The molecule has 30 heavy (non-hydrogen) atoms. The van der Waals surface area contributed by atoms with Gasteiger partial charge in [0.15, 0.2) is 0 Å². The van der Waals surface area contributed by atoms with Crippen LogP contribution in [0.25, 0.3) is 0 Å². The average Bonchev–Trinajstić information content (AvgIpc) is 2.62. The largest absolute Gasteiger partial charge is 0.460 e. The third-order valence-corrected chi connectivity index (χ3v) is 4.80. The van der Waals surface area contributed by atoms with Crippen molar-refractivity contribution in [2.24, 2.45) is 23.7 Å². The highest BCUT2D eigenvalue weighted by molar-refractivity contribution is 5.85. The summed E-state index contributed by atoms with van der Waals surface area (Å²) in [4.78, 5) is 26.1. The maximum Gasteiger partial charge on any atom is 0.310 e. The molecule has 0 aromatic heterocycles. The van der Waals surface area contributed by atoms with E-state index in [9.17, 15) is 9.59 Å². The number of hydrogen-bond donors (Lipinski definition) is 2. The Balaban J connectivity index is 2.95. The van der Waals surface area contributed by atoms with Crippen molar-refractivity contribution in [1.29, 1.82) is 0 Å². The van der Waals surface area contributed by atoms with Crippen LogP contribution in [0.15, 0.2) is 30.3 Å². The van der Waals surface area contributed by atoms with E-state index in [1.54, 1.807) is 0 Å². The smallest absolute Gasteiger partial charge is 0.310 e. The van der Waals surface area contributed by atoms with Crippen LogP contribution in [-0.2, 0) is 20.7 Å². The maximum atomic E-state index is 13.1. The van der Waals surface area contributed by atoms with Gasteiger partial charge in [-0.3, -0.25) is 15.0 Å². The molecule has 0 saturated heterocycles. The Hall–Kier alpha value is -1.88. The normalized spacial score (nSPS) is 13.9. The topological polar surface area (TPSA) is 67.4 Å². The van der Waals surface area contributed by atoms with Gasteiger partial charge in [-0.1, -0.05) is 58.0 Å². The van der Waals surface area contributed by atoms with Gasteiger partial charge in [-0.25, -0.2) is 5.43 Å². The second-order valence-corrected chi connectivity index (χ2v) is 10.0. The van der Waals surface area contributed by atoms with Crippen molar-refractivity contribution in [1.82, 2.24) is 10.9 Å². The number of carbonyl (C=O) groups is 2. The van der Waals surface area contributed by atoms with Crippen LogP contribution in [0.2, 0.25) is 0 Å². The molecule has 2 unspecified atom stereocenters. The fourth-order valence-electron chi connectivity index (χ4n) is 3.43. The van der Waals surface area contributed by atoms with Crippen LogP contribution in [0.5, 0.6) is 0 Å². The molecule has 0 aliphatic heterocycles. The number of nitrogens with one attached hydrogen (secondary N) is 2. The SMILES string of the molecule is CC(C)CNNC(=O)C(CC(C)C)C(CCCc1ccccc1)C(=O)OC(C)(C)C. The summed E-state index contributed by atoms with van der Waals surface area (Å²) < 4.78 is 5.72. The lowest BCUT2D eigenvalue weighted by atomic mass is 9.81. The molecule has 5 nitrogen and oxygen atoms in total. The van der Waals surface area contributed by atoms with E-state index in [0.717, 1.165) is 12.8 Å². The second-order valence-electron chi connectivity index (χ2n) is 10.0. The van der Waals surface area contributed by atoms with E-state index in [1.807, 2.05) is 39.0 Å². The van der Waals surface area contributed by atoms with Crippen molar-refractivity contribution in [3.05, 3.63) is 35.9 Å². The number of amides is 1. The Labute approximate surface area is 183 Å². The lowest BCUT2D eigenvalue weighted by Crippen LogP contribution is -2.47. The summed E-state index contributed by atoms with van der Waals surface area (Å²) in [6, 6.07) is 10.2. The summed E-state index contributed by atoms with van der Waals surface area (Å²) in [5, 5.41) is 0. The summed E-state index contributed by atoms with van der Waals surface area (Å²) in [6.07, 6.45) is 2.97. The zero-order chi connectivity index (χ0) is 22.7. The van der Waals surface area contributed by atoms with Crippen LogP contribution >= 0.6 is 0 Å². The lowest BCUT2D eigenvalue weighted by Gasteiger charge is -2.30. The molecule has 1 amide bonds. The number of hydrogen-bond acceptors (Lipinski definition) is 4. The molecule has 0 bridgehead atoms. The van der Waals surface area contributed by atoms with Gasteiger partial charge in [0.05, 0.1) is 11.8 Å². The fraction of sp³-hybridized carbons (Fsp3) is 0.680. The first-order valence-electron chi connectivity index (χ1n) is 11.3. The molecular formula is C25H42N2O3. The Morgan fingerprint density at radius 1 is 0.967 bits per heavy atom. The molecule has 2 atom stereocenters. The molecule has 0 radical (unpaired) electrons. The quantitative estimate of drug-likeness (QED) is 0.374. The minimum atomic E-state index is -0.580. The highest BCUT2D eigenvalue weighted by Gasteiger charge is 2.36. The Bertz CT molecular complexity index is 636. The summed E-state index contributed by atoms with van der Waals surface area (Å²) in [7, 11) is 0. The zero-order valence-corrected chi connectivity index (χ0v) is 20.0.